The molecule has 0 aromatic heterocycles. The van der Waals surface area contributed by atoms with Gasteiger partial charge in [-0.25, -0.2) is 0 Å². The Kier molecular flexibility index (Phi) is 15.5. The first-order chi connectivity index (χ1) is 12.0. The van der Waals surface area contributed by atoms with E-state index < -0.39 is 0 Å². The SMILES string of the molecule is CCC(C)C(=O)NCCOCCOCCOCCNC(=O)C(C)CC. The van der Waals surface area contributed by atoms with Gasteiger partial charge in [0.2, 0.25) is 11.8 Å². The Morgan fingerprint density at radius 2 is 1.00 bits per heavy atom. The van der Waals surface area contributed by atoms with E-state index in [-0.39, 0.29) is 23.7 Å². The standard InChI is InChI=1S/C18H36N2O5/c1-5-15(3)17(21)19-7-9-23-11-13-25-14-12-24-10-8-20-18(22)16(4)6-2/h15-16H,5-14H2,1-4H3,(H,19,21)(H,20,22). The maximum atomic E-state index is 11.5. The molecule has 0 radical (unpaired) electrons. The number of rotatable bonds is 16. The Balaban J connectivity index is 3.24. The van der Waals surface area contributed by atoms with E-state index in [9.17, 15) is 9.59 Å². The normalized spacial score (nSPS) is 13.3. The maximum absolute atomic E-state index is 11.5. The van der Waals surface area contributed by atoms with E-state index in [2.05, 4.69) is 10.6 Å². The molecule has 2 atom stereocenters. The molecule has 0 aliphatic rings. The fraction of sp³-hybridized carbons (Fsp3) is 0.889. The second-order valence-electron chi connectivity index (χ2n) is 6.04. The number of carbonyl (C=O) groups is 2. The van der Waals surface area contributed by atoms with Crippen LogP contribution in [0.1, 0.15) is 40.5 Å². The van der Waals surface area contributed by atoms with E-state index in [4.69, 9.17) is 14.2 Å². The van der Waals surface area contributed by atoms with Gasteiger partial charge >= 0.3 is 0 Å². The van der Waals surface area contributed by atoms with E-state index in [1.165, 1.54) is 0 Å². The molecule has 0 rings (SSSR count). The molecule has 0 aromatic rings. The van der Waals surface area contributed by atoms with Crippen molar-refractivity contribution in [3.8, 4) is 0 Å². The minimum absolute atomic E-state index is 0.0479. The summed E-state index contributed by atoms with van der Waals surface area (Å²) in [5, 5.41) is 5.66. The van der Waals surface area contributed by atoms with Crippen LogP contribution in [0.2, 0.25) is 0 Å². The molecule has 0 spiro atoms. The van der Waals surface area contributed by atoms with Crippen molar-refractivity contribution in [2.24, 2.45) is 11.8 Å². The van der Waals surface area contributed by atoms with Gasteiger partial charge in [-0.05, 0) is 12.8 Å². The highest BCUT2D eigenvalue weighted by molar-refractivity contribution is 5.78. The van der Waals surface area contributed by atoms with Crippen LogP contribution in [0.5, 0.6) is 0 Å². The average molecular weight is 360 g/mol. The van der Waals surface area contributed by atoms with E-state index in [1.807, 2.05) is 27.7 Å². The van der Waals surface area contributed by atoms with Crippen molar-refractivity contribution in [3.63, 3.8) is 0 Å². The van der Waals surface area contributed by atoms with E-state index in [0.717, 1.165) is 12.8 Å². The van der Waals surface area contributed by atoms with Gasteiger partial charge < -0.3 is 24.8 Å². The first-order valence-electron chi connectivity index (χ1n) is 9.31. The molecule has 0 aliphatic heterocycles. The summed E-state index contributed by atoms with van der Waals surface area (Å²) in [6.07, 6.45) is 1.68. The van der Waals surface area contributed by atoms with Gasteiger partial charge in [0.05, 0.1) is 39.6 Å². The third kappa shape index (κ3) is 13.8. The Bertz CT molecular complexity index is 320. The summed E-state index contributed by atoms with van der Waals surface area (Å²) in [4.78, 5) is 23.0. The number of hydrogen-bond donors (Lipinski definition) is 2. The molecule has 0 aliphatic carbocycles. The lowest BCUT2D eigenvalue weighted by atomic mass is 10.1. The monoisotopic (exact) mass is 360 g/mol. The second-order valence-corrected chi connectivity index (χ2v) is 6.04. The van der Waals surface area contributed by atoms with Crippen LogP contribution in [0.25, 0.3) is 0 Å². The minimum Gasteiger partial charge on any atom is -0.377 e. The molecule has 0 saturated carbocycles. The highest BCUT2D eigenvalue weighted by Crippen LogP contribution is 1.99. The van der Waals surface area contributed by atoms with Crippen molar-refractivity contribution in [3.05, 3.63) is 0 Å². The summed E-state index contributed by atoms with van der Waals surface area (Å²) in [5.74, 6) is 0.234. The number of nitrogens with one attached hydrogen (secondary N) is 2. The van der Waals surface area contributed by atoms with Crippen molar-refractivity contribution in [2.45, 2.75) is 40.5 Å². The van der Waals surface area contributed by atoms with Crippen LogP contribution >= 0.6 is 0 Å². The topological polar surface area (TPSA) is 85.9 Å². The Morgan fingerprint density at radius 3 is 1.32 bits per heavy atom. The number of carbonyl (C=O) groups excluding carboxylic acids is 2. The van der Waals surface area contributed by atoms with E-state index in [0.29, 0.717) is 52.7 Å². The fourth-order valence-corrected chi connectivity index (χ4v) is 1.75. The summed E-state index contributed by atoms with van der Waals surface area (Å²) >= 11 is 0. The summed E-state index contributed by atoms with van der Waals surface area (Å²) < 4.78 is 16.1. The third-order valence-electron chi connectivity index (χ3n) is 3.96. The Hall–Kier alpha value is -1.18. The van der Waals surface area contributed by atoms with Gasteiger partial charge in [0.25, 0.3) is 0 Å². The molecule has 0 fully saturated rings. The predicted octanol–water partition coefficient (Wildman–Crippen LogP) is 1.36. The van der Waals surface area contributed by atoms with Gasteiger partial charge in [-0.2, -0.15) is 0 Å². The zero-order valence-electron chi connectivity index (χ0n) is 16.3. The van der Waals surface area contributed by atoms with Gasteiger partial charge in [0.1, 0.15) is 0 Å². The van der Waals surface area contributed by atoms with Gasteiger partial charge in [-0.3, -0.25) is 9.59 Å². The van der Waals surface area contributed by atoms with Crippen LogP contribution in [0.3, 0.4) is 0 Å². The molecular weight excluding hydrogens is 324 g/mol. The molecule has 25 heavy (non-hydrogen) atoms. The Labute approximate surface area is 152 Å². The molecule has 148 valence electrons. The lowest BCUT2D eigenvalue weighted by Gasteiger charge is -2.11. The van der Waals surface area contributed by atoms with Crippen LogP contribution in [-0.2, 0) is 23.8 Å². The van der Waals surface area contributed by atoms with Crippen LogP contribution < -0.4 is 10.6 Å². The molecule has 7 heteroatoms. The minimum atomic E-state index is 0.0479. The molecule has 0 heterocycles. The highest BCUT2D eigenvalue weighted by atomic mass is 16.5. The van der Waals surface area contributed by atoms with Crippen LogP contribution in [0, 0.1) is 11.8 Å². The van der Waals surface area contributed by atoms with Crippen LogP contribution in [0.15, 0.2) is 0 Å². The molecule has 0 bridgehead atoms. The molecule has 2 amide bonds. The van der Waals surface area contributed by atoms with Crippen LogP contribution in [0.4, 0.5) is 0 Å². The fourth-order valence-electron chi connectivity index (χ4n) is 1.75. The Morgan fingerprint density at radius 1 is 0.680 bits per heavy atom. The summed E-state index contributed by atoms with van der Waals surface area (Å²) in [6, 6.07) is 0. The first kappa shape index (κ1) is 23.8. The van der Waals surface area contributed by atoms with Gasteiger partial charge in [-0.15, -0.1) is 0 Å². The van der Waals surface area contributed by atoms with Crippen molar-refractivity contribution >= 4 is 11.8 Å². The zero-order chi connectivity index (χ0) is 18.9. The number of hydrogen-bond acceptors (Lipinski definition) is 5. The lowest BCUT2D eigenvalue weighted by molar-refractivity contribution is -0.125. The van der Waals surface area contributed by atoms with Crippen molar-refractivity contribution < 1.29 is 23.8 Å². The zero-order valence-corrected chi connectivity index (χ0v) is 16.3. The first-order valence-corrected chi connectivity index (χ1v) is 9.31. The average Bonchev–Trinajstić information content (AvgIpc) is 2.63. The maximum Gasteiger partial charge on any atom is 0.222 e. The highest BCUT2D eigenvalue weighted by Gasteiger charge is 2.09. The smallest absolute Gasteiger partial charge is 0.222 e. The van der Waals surface area contributed by atoms with Crippen LogP contribution in [-0.4, -0.2) is 64.5 Å². The summed E-state index contributed by atoms with van der Waals surface area (Å²) in [7, 11) is 0. The van der Waals surface area contributed by atoms with Gasteiger partial charge in [-0.1, -0.05) is 27.7 Å². The summed E-state index contributed by atoms with van der Waals surface area (Å²) in [6.45, 7) is 11.8. The molecule has 7 nitrogen and oxygen atoms in total. The second kappa shape index (κ2) is 16.3. The molecule has 2 unspecified atom stereocenters. The van der Waals surface area contributed by atoms with Crippen molar-refractivity contribution in [1.29, 1.82) is 0 Å². The molecular formula is C18H36N2O5. The van der Waals surface area contributed by atoms with Crippen molar-refractivity contribution in [2.75, 3.05) is 52.7 Å². The van der Waals surface area contributed by atoms with Gasteiger partial charge in [0, 0.05) is 24.9 Å². The lowest BCUT2D eigenvalue weighted by Crippen LogP contribution is -2.32. The predicted molar refractivity (Wildman–Crippen MR) is 97.4 cm³/mol. The number of amides is 2. The molecule has 0 saturated heterocycles. The van der Waals surface area contributed by atoms with E-state index in [1.54, 1.807) is 0 Å². The largest absolute Gasteiger partial charge is 0.377 e. The van der Waals surface area contributed by atoms with E-state index >= 15 is 0 Å². The quantitative estimate of drug-likeness (QED) is 0.406. The third-order valence-corrected chi connectivity index (χ3v) is 3.96. The summed E-state index contributed by atoms with van der Waals surface area (Å²) in [5.41, 5.74) is 0. The number of ether oxygens (including phenoxy) is 3. The molecule has 2 N–H and O–H groups in total. The van der Waals surface area contributed by atoms with Gasteiger partial charge in [0.15, 0.2) is 0 Å². The van der Waals surface area contributed by atoms with Crippen molar-refractivity contribution in [1.82, 2.24) is 10.6 Å². The molecule has 0 aromatic carbocycles.